The van der Waals surface area contributed by atoms with Gasteiger partial charge in [-0.3, -0.25) is 4.98 Å². The third kappa shape index (κ3) is 1.63. The van der Waals surface area contributed by atoms with E-state index in [1.165, 1.54) is 29.7 Å². The van der Waals surface area contributed by atoms with E-state index in [9.17, 15) is 4.39 Å². The van der Waals surface area contributed by atoms with Crippen molar-refractivity contribution in [1.82, 2.24) is 4.98 Å². The second-order valence-corrected chi connectivity index (χ2v) is 3.72. The fourth-order valence-electron chi connectivity index (χ4n) is 1.08. The molecule has 2 aromatic rings. The number of nitriles is 1. The lowest BCUT2D eigenvalue weighted by Crippen LogP contribution is -1.80. The molecule has 0 aromatic carbocycles. The first-order chi connectivity index (χ1) is 6.79. The molecule has 2 nitrogen and oxygen atoms in total. The number of hydrogen-bond donors (Lipinski definition) is 0. The van der Waals surface area contributed by atoms with Crippen LogP contribution in [0.3, 0.4) is 0 Å². The van der Waals surface area contributed by atoms with Gasteiger partial charge in [-0.25, -0.2) is 4.39 Å². The lowest BCUT2D eigenvalue weighted by atomic mass is 10.3. The van der Waals surface area contributed by atoms with Crippen molar-refractivity contribution in [1.29, 1.82) is 5.26 Å². The summed E-state index contributed by atoms with van der Waals surface area (Å²) in [6.07, 6.45) is 1.41. The fourth-order valence-corrected chi connectivity index (χ4v) is 1.85. The summed E-state index contributed by atoms with van der Waals surface area (Å²) in [6, 6.07) is 8.15. The summed E-state index contributed by atoms with van der Waals surface area (Å²) in [4.78, 5) is 5.43. The highest BCUT2D eigenvalue weighted by molar-refractivity contribution is 7.15. The first-order valence-electron chi connectivity index (χ1n) is 3.91. The van der Waals surface area contributed by atoms with E-state index in [0.717, 1.165) is 4.88 Å². The van der Waals surface area contributed by atoms with Crippen LogP contribution in [0, 0.1) is 17.1 Å². The van der Waals surface area contributed by atoms with Gasteiger partial charge < -0.3 is 0 Å². The van der Waals surface area contributed by atoms with Crippen LogP contribution >= 0.6 is 11.3 Å². The molecular formula is C10H5FN2S. The van der Waals surface area contributed by atoms with Crippen LogP contribution in [0.15, 0.2) is 30.5 Å². The summed E-state index contributed by atoms with van der Waals surface area (Å²) in [7, 11) is 0. The maximum absolute atomic E-state index is 12.8. The highest BCUT2D eigenvalue weighted by Crippen LogP contribution is 2.26. The van der Waals surface area contributed by atoms with E-state index in [4.69, 9.17) is 5.26 Å². The normalized spacial score (nSPS) is 9.71. The van der Waals surface area contributed by atoms with Gasteiger partial charge in [0.1, 0.15) is 16.8 Å². The monoisotopic (exact) mass is 204 g/mol. The van der Waals surface area contributed by atoms with Gasteiger partial charge >= 0.3 is 0 Å². The summed E-state index contributed by atoms with van der Waals surface area (Å²) in [5.74, 6) is -0.318. The van der Waals surface area contributed by atoms with E-state index >= 15 is 0 Å². The van der Waals surface area contributed by atoms with Gasteiger partial charge in [0.15, 0.2) is 0 Å². The molecule has 0 saturated heterocycles. The quantitative estimate of drug-likeness (QED) is 0.716. The zero-order chi connectivity index (χ0) is 9.97. The Hall–Kier alpha value is -1.73. The predicted molar refractivity (Wildman–Crippen MR) is 52.2 cm³/mol. The minimum atomic E-state index is -0.318. The maximum Gasteiger partial charge on any atom is 0.126 e. The topological polar surface area (TPSA) is 36.7 Å². The molecular weight excluding hydrogens is 199 g/mol. The van der Waals surface area contributed by atoms with E-state index < -0.39 is 0 Å². The standard InChI is InChI=1S/C10H5FN2S/c11-7-3-4-13-9(5-7)10-2-1-8(6-12)14-10/h1-5H. The summed E-state index contributed by atoms with van der Waals surface area (Å²) in [5.41, 5.74) is 0.566. The van der Waals surface area contributed by atoms with E-state index in [1.807, 2.05) is 6.07 Å². The van der Waals surface area contributed by atoms with Crippen LogP contribution in [0.4, 0.5) is 4.39 Å². The van der Waals surface area contributed by atoms with E-state index in [2.05, 4.69) is 4.98 Å². The van der Waals surface area contributed by atoms with Crippen molar-refractivity contribution < 1.29 is 4.39 Å². The van der Waals surface area contributed by atoms with Crippen LogP contribution in [-0.2, 0) is 0 Å². The van der Waals surface area contributed by atoms with Gasteiger partial charge in [0.25, 0.3) is 0 Å². The highest BCUT2D eigenvalue weighted by Gasteiger charge is 2.04. The number of hydrogen-bond acceptors (Lipinski definition) is 3. The number of thiophene rings is 1. The van der Waals surface area contributed by atoms with Gasteiger partial charge in [-0.05, 0) is 18.2 Å². The maximum atomic E-state index is 12.8. The molecule has 0 aliphatic carbocycles. The average molecular weight is 204 g/mol. The molecule has 0 amide bonds. The molecule has 0 bridgehead atoms. The smallest absolute Gasteiger partial charge is 0.126 e. The SMILES string of the molecule is N#Cc1ccc(-c2cc(F)ccn2)s1. The molecule has 0 aliphatic heterocycles. The molecule has 0 radical (unpaired) electrons. The van der Waals surface area contributed by atoms with Gasteiger partial charge in [0, 0.05) is 12.3 Å². The van der Waals surface area contributed by atoms with E-state index in [1.54, 1.807) is 12.1 Å². The van der Waals surface area contributed by atoms with Crippen molar-refractivity contribution >= 4 is 11.3 Å². The Kier molecular flexibility index (Phi) is 2.25. The van der Waals surface area contributed by atoms with E-state index in [-0.39, 0.29) is 5.82 Å². The lowest BCUT2D eigenvalue weighted by Gasteiger charge is -1.94. The van der Waals surface area contributed by atoms with Crippen LogP contribution < -0.4 is 0 Å². The zero-order valence-electron chi connectivity index (χ0n) is 7.07. The van der Waals surface area contributed by atoms with Crippen LogP contribution in [0.1, 0.15) is 4.88 Å². The Labute approximate surface area is 84.3 Å². The fraction of sp³-hybridized carbons (Fsp3) is 0. The van der Waals surface area contributed by atoms with Gasteiger partial charge in [-0.2, -0.15) is 5.26 Å². The van der Waals surface area contributed by atoms with Crippen LogP contribution in [0.2, 0.25) is 0 Å². The summed E-state index contributed by atoms with van der Waals surface area (Å²) in [5, 5.41) is 8.62. The average Bonchev–Trinajstić information content (AvgIpc) is 2.66. The molecule has 0 spiro atoms. The third-order valence-electron chi connectivity index (χ3n) is 1.69. The molecule has 0 fully saturated rings. The summed E-state index contributed by atoms with van der Waals surface area (Å²) < 4.78 is 12.8. The van der Waals surface area contributed by atoms with Gasteiger partial charge in [-0.15, -0.1) is 11.3 Å². The molecule has 0 unspecified atom stereocenters. The first-order valence-corrected chi connectivity index (χ1v) is 4.73. The van der Waals surface area contributed by atoms with Crippen LogP contribution in [-0.4, -0.2) is 4.98 Å². The number of aromatic nitrogens is 1. The Morgan fingerprint density at radius 2 is 2.21 bits per heavy atom. The van der Waals surface area contributed by atoms with Crippen LogP contribution in [0.25, 0.3) is 10.6 Å². The molecule has 0 aliphatic rings. The molecule has 68 valence electrons. The lowest BCUT2D eigenvalue weighted by molar-refractivity contribution is 0.626. The third-order valence-corrected chi connectivity index (χ3v) is 2.70. The Bertz CT molecular complexity index is 499. The Balaban J connectivity index is 2.45. The molecule has 0 atom stereocenters. The molecule has 0 saturated carbocycles. The summed E-state index contributed by atoms with van der Waals surface area (Å²) in [6.45, 7) is 0. The molecule has 2 aromatic heterocycles. The number of nitrogens with zero attached hydrogens (tertiary/aromatic N) is 2. The molecule has 2 rings (SSSR count). The summed E-state index contributed by atoms with van der Waals surface area (Å²) >= 11 is 1.30. The highest BCUT2D eigenvalue weighted by atomic mass is 32.1. The zero-order valence-corrected chi connectivity index (χ0v) is 7.88. The number of pyridine rings is 1. The molecule has 2 heterocycles. The number of halogens is 1. The number of rotatable bonds is 1. The minimum Gasteiger partial charge on any atom is -0.255 e. The molecule has 0 N–H and O–H groups in total. The van der Waals surface area contributed by atoms with Crippen molar-refractivity contribution in [2.75, 3.05) is 0 Å². The van der Waals surface area contributed by atoms with Crippen molar-refractivity contribution in [3.05, 3.63) is 41.2 Å². The second kappa shape index (κ2) is 3.56. The van der Waals surface area contributed by atoms with Crippen molar-refractivity contribution in [2.45, 2.75) is 0 Å². The minimum absolute atomic E-state index is 0.318. The first kappa shape index (κ1) is 8.85. The van der Waals surface area contributed by atoms with Crippen molar-refractivity contribution in [2.24, 2.45) is 0 Å². The van der Waals surface area contributed by atoms with Crippen molar-refractivity contribution in [3.63, 3.8) is 0 Å². The Morgan fingerprint density at radius 1 is 1.36 bits per heavy atom. The molecule has 14 heavy (non-hydrogen) atoms. The van der Waals surface area contributed by atoms with Crippen LogP contribution in [0.5, 0.6) is 0 Å². The second-order valence-electron chi connectivity index (χ2n) is 2.64. The largest absolute Gasteiger partial charge is 0.255 e. The van der Waals surface area contributed by atoms with E-state index in [0.29, 0.717) is 10.6 Å². The van der Waals surface area contributed by atoms with Gasteiger partial charge in [0.2, 0.25) is 0 Å². The molecule has 4 heteroatoms. The Morgan fingerprint density at radius 3 is 2.86 bits per heavy atom. The van der Waals surface area contributed by atoms with Gasteiger partial charge in [0.05, 0.1) is 10.6 Å². The van der Waals surface area contributed by atoms with Crippen molar-refractivity contribution in [3.8, 4) is 16.6 Å². The predicted octanol–water partition coefficient (Wildman–Crippen LogP) is 2.82. The van der Waals surface area contributed by atoms with Gasteiger partial charge in [-0.1, -0.05) is 0 Å².